The lowest BCUT2D eigenvalue weighted by atomic mass is 9.98. The summed E-state index contributed by atoms with van der Waals surface area (Å²) in [5.41, 5.74) is 7.52. The maximum absolute atomic E-state index is 13.9. The average molecular weight is 535 g/mol. The molecular formula is C29H22Cl3N3O. The van der Waals surface area contributed by atoms with Crippen LogP contribution < -0.4 is 5.32 Å². The van der Waals surface area contributed by atoms with Gasteiger partial charge in [-0.3, -0.25) is 9.20 Å². The highest BCUT2D eigenvalue weighted by Crippen LogP contribution is 2.40. The van der Waals surface area contributed by atoms with Gasteiger partial charge in [-0.15, -0.1) is 0 Å². The molecule has 1 N–H and O–H groups in total. The molecule has 1 aliphatic heterocycles. The minimum absolute atomic E-state index is 0.171. The SMILES string of the molecule is O=C(Nc1ccc(Cl)cc1)c1c(-c2ccccc2)c2c3n(c(-c4ccc(Cl)c(Cl)c4)cn13)CCCC2. The van der Waals surface area contributed by atoms with Crippen molar-refractivity contribution >= 4 is 52.0 Å². The summed E-state index contributed by atoms with van der Waals surface area (Å²) in [4.78, 5) is 13.9. The fourth-order valence-electron chi connectivity index (χ4n) is 5.13. The number of benzene rings is 3. The van der Waals surface area contributed by atoms with Gasteiger partial charge in [0.15, 0.2) is 0 Å². The molecule has 0 saturated carbocycles. The number of nitrogens with zero attached hydrogens (tertiary/aromatic N) is 2. The molecule has 7 heteroatoms. The maximum atomic E-state index is 13.9. The third-order valence-electron chi connectivity index (χ3n) is 6.73. The summed E-state index contributed by atoms with van der Waals surface area (Å²) in [5, 5.41) is 4.73. The summed E-state index contributed by atoms with van der Waals surface area (Å²) >= 11 is 18.6. The van der Waals surface area contributed by atoms with Gasteiger partial charge in [-0.1, -0.05) is 71.2 Å². The van der Waals surface area contributed by atoms with Gasteiger partial charge in [0.05, 0.1) is 15.7 Å². The molecule has 0 unspecified atom stereocenters. The lowest BCUT2D eigenvalue weighted by Gasteiger charge is -2.10. The van der Waals surface area contributed by atoms with Crippen molar-refractivity contribution < 1.29 is 4.79 Å². The number of nitrogens with one attached hydrogen (secondary N) is 1. The van der Waals surface area contributed by atoms with Gasteiger partial charge in [0.25, 0.3) is 5.91 Å². The molecule has 0 aliphatic carbocycles. The molecule has 4 nitrogen and oxygen atoms in total. The minimum Gasteiger partial charge on any atom is -0.325 e. The van der Waals surface area contributed by atoms with Gasteiger partial charge in [-0.05, 0) is 61.2 Å². The topological polar surface area (TPSA) is 38.4 Å². The van der Waals surface area contributed by atoms with E-state index in [1.54, 1.807) is 12.1 Å². The van der Waals surface area contributed by atoms with Crippen LogP contribution in [0.25, 0.3) is 28.0 Å². The van der Waals surface area contributed by atoms with E-state index in [0.717, 1.165) is 53.8 Å². The van der Waals surface area contributed by atoms with Crippen LogP contribution in [-0.2, 0) is 13.0 Å². The van der Waals surface area contributed by atoms with E-state index in [0.29, 0.717) is 26.4 Å². The van der Waals surface area contributed by atoms with Crippen LogP contribution in [0.1, 0.15) is 28.9 Å². The van der Waals surface area contributed by atoms with Crippen molar-refractivity contribution in [1.29, 1.82) is 0 Å². The van der Waals surface area contributed by atoms with E-state index in [1.807, 2.05) is 59.1 Å². The molecule has 3 aromatic carbocycles. The summed E-state index contributed by atoms with van der Waals surface area (Å²) in [6.07, 6.45) is 5.04. The molecule has 5 aromatic rings. The van der Waals surface area contributed by atoms with Crippen molar-refractivity contribution in [2.24, 2.45) is 0 Å². The number of halogens is 3. The molecule has 2 aromatic heterocycles. The molecule has 0 radical (unpaired) electrons. The van der Waals surface area contributed by atoms with Gasteiger partial charge in [0.1, 0.15) is 11.3 Å². The highest BCUT2D eigenvalue weighted by atomic mass is 35.5. The smallest absolute Gasteiger partial charge is 0.273 e. The number of carbonyl (C=O) groups is 1. The van der Waals surface area contributed by atoms with Gasteiger partial charge in [0.2, 0.25) is 0 Å². The molecule has 36 heavy (non-hydrogen) atoms. The van der Waals surface area contributed by atoms with Gasteiger partial charge < -0.3 is 9.88 Å². The first-order chi connectivity index (χ1) is 17.5. The van der Waals surface area contributed by atoms with E-state index in [4.69, 9.17) is 34.8 Å². The zero-order valence-corrected chi connectivity index (χ0v) is 21.5. The van der Waals surface area contributed by atoms with Crippen LogP contribution in [0.5, 0.6) is 0 Å². The lowest BCUT2D eigenvalue weighted by molar-refractivity contribution is 0.102. The Kier molecular flexibility index (Phi) is 6.04. The predicted molar refractivity (Wildman–Crippen MR) is 149 cm³/mol. The molecule has 1 aliphatic rings. The fourth-order valence-corrected chi connectivity index (χ4v) is 5.56. The zero-order valence-electron chi connectivity index (χ0n) is 19.3. The van der Waals surface area contributed by atoms with Crippen LogP contribution in [0, 0.1) is 0 Å². The molecule has 0 fully saturated rings. The summed E-state index contributed by atoms with van der Waals surface area (Å²) in [5.74, 6) is -0.171. The first-order valence-corrected chi connectivity index (χ1v) is 13.0. The summed E-state index contributed by atoms with van der Waals surface area (Å²) < 4.78 is 4.36. The van der Waals surface area contributed by atoms with E-state index in [9.17, 15) is 4.79 Å². The second-order valence-corrected chi connectivity index (χ2v) is 10.2. The second-order valence-electron chi connectivity index (χ2n) is 8.97. The van der Waals surface area contributed by atoms with E-state index >= 15 is 0 Å². The van der Waals surface area contributed by atoms with Crippen LogP contribution in [0.15, 0.2) is 79.0 Å². The lowest BCUT2D eigenvalue weighted by Crippen LogP contribution is -2.15. The summed E-state index contributed by atoms with van der Waals surface area (Å²) in [6.45, 7) is 0.857. The van der Waals surface area contributed by atoms with Crippen molar-refractivity contribution in [3.63, 3.8) is 0 Å². The van der Waals surface area contributed by atoms with Crippen molar-refractivity contribution in [3.8, 4) is 22.4 Å². The molecule has 0 bridgehead atoms. The van der Waals surface area contributed by atoms with Crippen LogP contribution in [-0.4, -0.2) is 14.9 Å². The highest BCUT2D eigenvalue weighted by molar-refractivity contribution is 6.42. The molecule has 180 valence electrons. The number of imidazole rings is 1. The molecule has 6 rings (SSSR count). The number of aryl methyl sites for hydroxylation is 2. The quantitative estimate of drug-likeness (QED) is 0.246. The fraction of sp³-hybridized carbons (Fsp3) is 0.138. The van der Waals surface area contributed by atoms with Crippen molar-refractivity contribution in [1.82, 2.24) is 8.97 Å². The Bertz CT molecular complexity index is 1600. The number of rotatable bonds is 4. The largest absolute Gasteiger partial charge is 0.325 e. The summed E-state index contributed by atoms with van der Waals surface area (Å²) in [6, 6.07) is 23.0. The third-order valence-corrected chi connectivity index (χ3v) is 7.72. The number of aromatic nitrogens is 2. The van der Waals surface area contributed by atoms with Crippen LogP contribution in [0.2, 0.25) is 15.1 Å². The maximum Gasteiger partial charge on any atom is 0.273 e. The number of carbonyl (C=O) groups excluding carboxylic acids is 1. The van der Waals surface area contributed by atoms with E-state index in [2.05, 4.69) is 22.0 Å². The van der Waals surface area contributed by atoms with Crippen LogP contribution in [0.4, 0.5) is 5.69 Å². The molecular weight excluding hydrogens is 513 g/mol. The predicted octanol–water partition coefficient (Wildman–Crippen LogP) is 8.62. The Morgan fingerprint density at radius 3 is 2.36 bits per heavy atom. The van der Waals surface area contributed by atoms with Gasteiger partial charge in [0, 0.05) is 40.1 Å². The molecule has 1 amide bonds. The number of hydrogen-bond donors (Lipinski definition) is 1. The normalized spacial score (nSPS) is 13.1. The second kappa shape index (κ2) is 9.36. The van der Waals surface area contributed by atoms with Gasteiger partial charge in [-0.25, -0.2) is 0 Å². The standard InChI is InChI=1S/C29H22Cl3N3O/c30-20-10-12-21(13-11-20)33-28(36)27-26(18-6-2-1-3-7-18)22-8-4-5-15-34-25(17-35(27)29(22)34)19-9-14-23(31)24(32)16-19/h1-3,6-7,9-14,16-17H,4-5,8,15H2,(H,33,36). The van der Waals surface area contributed by atoms with E-state index in [-0.39, 0.29) is 5.91 Å². The Balaban J connectivity index is 1.60. The molecule has 0 atom stereocenters. The van der Waals surface area contributed by atoms with Gasteiger partial charge >= 0.3 is 0 Å². The molecule has 3 heterocycles. The van der Waals surface area contributed by atoms with E-state index < -0.39 is 0 Å². The van der Waals surface area contributed by atoms with Crippen LogP contribution >= 0.6 is 34.8 Å². The summed E-state index contributed by atoms with van der Waals surface area (Å²) in [7, 11) is 0. The zero-order chi connectivity index (χ0) is 24.8. The minimum atomic E-state index is -0.171. The molecule has 0 saturated heterocycles. The monoisotopic (exact) mass is 533 g/mol. The Morgan fingerprint density at radius 2 is 1.61 bits per heavy atom. The van der Waals surface area contributed by atoms with Crippen molar-refractivity contribution in [2.45, 2.75) is 25.8 Å². The number of hydrogen-bond acceptors (Lipinski definition) is 1. The van der Waals surface area contributed by atoms with Crippen LogP contribution in [0.3, 0.4) is 0 Å². The Labute approximate surface area is 224 Å². The van der Waals surface area contributed by atoms with E-state index in [1.165, 1.54) is 5.56 Å². The first kappa shape index (κ1) is 23.2. The number of anilines is 1. The average Bonchev–Trinajstić information content (AvgIpc) is 3.30. The first-order valence-electron chi connectivity index (χ1n) is 11.9. The van der Waals surface area contributed by atoms with Gasteiger partial charge in [-0.2, -0.15) is 0 Å². The Morgan fingerprint density at radius 1 is 0.833 bits per heavy atom. The highest BCUT2D eigenvalue weighted by Gasteiger charge is 2.29. The third kappa shape index (κ3) is 4.00. The van der Waals surface area contributed by atoms with Crippen molar-refractivity contribution in [2.75, 3.05) is 5.32 Å². The Hall–Kier alpha value is -3.18. The number of amides is 1. The molecule has 0 spiro atoms. The van der Waals surface area contributed by atoms with Crippen molar-refractivity contribution in [3.05, 3.63) is 105 Å².